The number of imidazole rings is 1. The highest BCUT2D eigenvalue weighted by Crippen LogP contribution is 2.38. The van der Waals surface area contributed by atoms with Crippen LogP contribution >= 0.6 is 0 Å². The molecular formula is C22H23N5OS. The Hall–Kier alpha value is -2.41. The third kappa shape index (κ3) is 2.31. The molecule has 0 amide bonds. The van der Waals surface area contributed by atoms with Gasteiger partial charge in [-0.3, -0.25) is 8.61 Å². The molecule has 2 fully saturated rings. The summed E-state index contributed by atoms with van der Waals surface area (Å²) in [6, 6.07) is 7.05. The number of fused-ring (bicyclic) bond motifs is 5. The minimum absolute atomic E-state index is 0.670. The van der Waals surface area contributed by atoms with Crippen LogP contribution in [0.2, 0.25) is 0 Å². The number of nitrogens with zero attached hydrogens (tertiary/aromatic N) is 5. The van der Waals surface area contributed by atoms with Gasteiger partial charge in [-0.2, -0.15) is 0 Å². The predicted molar refractivity (Wildman–Crippen MR) is 113 cm³/mol. The summed E-state index contributed by atoms with van der Waals surface area (Å²) >= 11 is 0. The van der Waals surface area contributed by atoms with Gasteiger partial charge in [0.05, 0.1) is 16.5 Å². The van der Waals surface area contributed by atoms with E-state index in [1.54, 1.807) is 11.8 Å². The molecule has 0 spiro atoms. The first-order chi connectivity index (χ1) is 14.2. The molecule has 4 aliphatic rings. The summed E-state index contributed by atoms with van der Waals surface area (Å²) in [5.41, 5.74) is 6.30. The van der Waals surface area contributed by atoms with Gasteiger partial charge in [0.15, 0.2) is 5.65 Å². The Balaban J connectivity index is 1.17. The Morgan fingerprint density at radius 3 is 2.52 bits per heavy atom. The van der Waals surface area contributed by atoms with Gasteiger partial charge in [-0.1, -0.05) is 6.07 Å². The number of anilines is 2. The minimum Gasteiger partial charge on any atom is -0.371 e. The Kier molecular flexibility index (Phi) is 3.29. The lowest BCUT2D eigenvalue weighted by molar-refractivity contribution is 0.533. The van der Waals surface area contributed by atoms with E-state index in [1.807, 2.05) is 6.20 Å². The van der Waals surface area contributed by atoms with Crippen LogP contribution < -0.4 is 9.80 Å². The Morgan fingerprint density at radius 2 is 1.76 bits per heavy atom. The van der Waals surface area contributed by atoms with Crippen LogP contribution in [0.25, 0.3) is 5.65 Å². The van der Waals surface area contributed by atoms with Gasteiger partial charge in [0.25, 0.3) is 0 Å². The molecule has 7 heteroatoms. The first kappa shape index (κ1) is 16.4. The smallest absolute Gasteiger partial charge is 0.211 e. The lowest BCUT2D eigenvalue weighted by Gasteiger charge is -2.27. The number of hydrogen-bond acceptors (Lipinski definition) is 5. The van der Waals surface area contributed by atoms with Crippen molar-refractivity contribution in [2.75, 3.05) is 41.7 Å². The Bertz CT molecular complexity index is 1170. The summed E-state index contributed by atoms with van der Waals surface area (Å²) in [6.07, 6.45) is 7.06. The third-order valence-corrected chi connectivity index (χ3v) is 8.74. The van der Waals surface area contributed by atoms with Crippen molar-refractivity contribution < 1.29 is 4.21 Å². The maximum absolute atomic E-state index is 12.4. The van der Waals surface area contributed by atoms with E-state index >= 15 is 0 Å². The highest BCUT2D eigenvalue weighted by atomic mass is 32.2. The summed E-state index contributed by atoms with van der Waals surface area (Å²) in [5, 5.41) is 0. The van der Waals surface area contributed by atoms with Crippen molar-refractivity contribution in [2.45, 2.75) is 24.2 Å². The van der Waals surface area contributed by atoms with E-state index in [2.05, 4.69) is 37.4 Å². The normalized spacial score (nSPS) is 27.2. The monoisotopic (exact) mass is 405 g/mol. The topological polar surface area (TPSA) is 53.7 Å². The molecule has 0 bridgehead atoms. The first-order valence-corrected chi connectivity index (χ1v) is 11.9. The van der Waals surface area contributed by atoms with Crippen molar-refractivity contribution >= 4 is 28.1 Å². The molecule has 148 valence electrons. The quantitative estimate of drug-likeness (QED) is 0.653. The summed E-state index contributed by atoms with van der Waals surface area (Å²) in [7, 11) is -0.961. The number of rotatable bonds is 2. The van der Waals surface area contributed by atoms with E-state index in [0.29, 0.717) is 17.6 Å². The fraction of sp³-hybridized carbons (Fsp3) is 0.455. The van der Waals surface area contributed by atoms with Gasteiger partial charge < -0.3 is 9.80 Å². The van der Waals surface area contributed by atoms with Gasteiger partial charge in [-0.15, -0.1) is 0 Å². The van der Waals surface area contributed by atoms with Gasteiger partial charge >= 0.3 is 0 Å². The van der Waals surface area contributed by atoms with Crippen molar-refractivity contribution in [1.82, 2.24) is 14.4 Å². The first-order valence-electron chi connectivity index (χ1n) is 10.6. The van der Waals surface area contributed by atoms with Gasteiger partial charge in [-0.05, 0) is 36.1 Å². The van der Waals surface area contributed by atoms with Gasteiger partial charge in [0.1, 0.15) is 4.90 Å². The maximum Gasteiger partial charge on any atom is 0.211 e. The van der Waals surface area contributed by atoms with Gasteiger partial charge in [-0.25, -0.2) is 9.97 Å². The number of aryl methyl sites for hydroxylation is 3. The second kappa shape index (κ2) is 5.81. The molecule has 0 N–H and O–H groups in total. The van der Waals surface area contributed by atoms with Crippen molar-refractivity contribution in [3.05, 3.63) is 47.4 Å². The lowest BCUT2D eigenvalue weighted by atomic mass is 9.88. The van der Waals surface area contributed by atoms with Crippen LogP contribution in [0.15, 0.2) is 35.5 Å². The molecule has 0 saturated carbocycles. The summed E-state index contributed by atoms with van der Waals surface area (Å²) in [5.74, 6) is 3.00. The highest BCUT2D eigenvalue weighted by Gasteiger charge is 2.42. The molecule has 0 radical (unpaired) electrons. The fourth-order valence-corrected chi connectivity index (χ4v) is 7.00. The SMILES string of the molecule is O=[S@@]1CCc2nc(N3C[C@H]4CN(c5ccc6c(c5)CC6)C[C@H]4C3)n3ccnc3c21. The third-order valence-electron chi connectivity index (χ3n) is 7.30. The van der Waals surface area contributed by atoms with Crippen LogP contribution in [0, 0.1) is 11.8 Å². The van der Waals surface area contributed by atoms with Crippen LogP contribution in [0.4, 0.5) is 11.6 Å². The maximum atomic E-state index is 12.4. The number of aromatic nitrogens is 3. The molecule has 2 saturated heterocycles. The second-order valence-electron chi connectivity index (χ2n) is 8.89. The average molecular weight is 406 g/mol. The van der Waals surface area contributed by atoms with Crippen LogP contribution in [-0.4, -0.2) is 50.5 Å². The van der Waals surface area contributed by atoms with Gasteiger partial charge in [0.2, 0.25) is 5.95 Å². The number of benzene rings is 1. The standard InChI is InChI=1S/C22H23N5OS/c28-29-8-5-19-20(29)21-23-6-7-27(21)22(24-19)26-12-16-10-25(11-17(16)13-26)18-4-3-14-1-2-15(14)9-18/h3-4,6-7,9,16-17H,1-2,5,8,10-13H2/t16-,17+,29-/m1/s1. The van der Waals surface area contributed by atoms with E-state index in [-0.39, 0.29) is 0 Å². The van der Waals surface area contributed by atoms with E-state index in [4.69, 9.17) is 4.98 Å². The molecule has 29 heavy (non-hydrogen) atoms. The lowest BCUT2D eigenvalue weighted by Crippen LogP contribution is -2.30. The zero-order valence-corrected chi connectivity index (χ0v) is 17.1. The zero-order valence-electron chi connectivity index (χ0n) is 16.3. The summed E-state index contributed by atoms with van der Waals surface area (Å²) in [4.78, 5) is 15.3. The molecule has 1 aliphatic carbocycles. The highest BCUT2D eigenvalue weighted by molar-refractivity contribution is 7.85. The molecule has 5 heterocycles. The van der Waals surface area contributed by atoms with E-state index in [9.17, 15) is 4.21 Å². The van der Waals surface area contributed by atoms with Crippen molar-refractivity contribution in [2.24, 2.45) is 11.8 Å². The molecule has 3 aromatic rings. The Labute approximate surface area is 172 Å². The van der Waals surface area contributed by atoms with E-state index < -0.39 is 10.8 Å². The fourth-order valence-electron chi connectivity index (χ4n) is 5.65. The Morgan fingerprint density at radius 1 is 0.966 bits per heavy atom. The molecule has 1 aromatic carbocycles. The average Bonchev–Trinajstić information content (AvgIpc) is 3.44. The van der Waals surface area contributed by atoms with Crippen molar-refractivity contribution in [3.8, 4) is 0 Å². The largest absolute Gasteiger partial charge is 0.371 e. The second-order valence-corrected chi connectivity index (χ2v) is 10.4. The van der Waals surface area contributed by atoms with E-state index in [0.717, 1.165) is 54.8 Å². The van der Waals surface area contributed by atoms with Crippen molar-refractivity contribution in [1.29, 1.82) is 0 Å². The summed E-state index contributed by atoms with van der Waals surface area (Å²) < 4.78 is 14.4. The zero-order chi connectivity index (χ0) is 19.1. The van der Waals surface area contributed by atoms with Crippen LogP contribution in [-0.2, 0) is 30.1 Å². The molecule has 7 rings (SSSR count). The van der Waals surface area contributed by atoms with E-state index in [1.165, 1.54) is 24.1 Å². The molecule has 2 aromatic heterocycles. The van der Waals surface area contributed by atoms with Gasteiger partial charge in [0, 0.05) is 68.3 Å². The molecule has 0 unspecified atom stereocenters. The molecule has 6 nitrogen and oxygen atoms in total. The van der Waals surface area contributed by atoms with Crippen LogP contribution in [0.3, 0.4) is 0 Å². The van der Waals surface area contributed by atoms with Crippen molar-refractivity contribution in [3.63, 3.8) is 0 Å². The predicted octanol–water partition coefficient (Wildman–Crippen LogP) is 2.06. The minimum atomic E-state index is -0.961. The van der Waals surface area contributed by atoms with Crippen LogP contribution in [0.1, 0.15) is 16.8 Å². The van der Waals surface area contributed by atoms with Crippen LogP contribution in [0.5, 0.6) is 0 Å². The number of hydrogen-bond donors (Lipinski definition) is 0. The summed E-state index contributed by atoms with van der Waals surface area (Å²) in [6.45, 7) is 4.33. The molecular weight excluding hydrogens is 382 g/mol. The molecule has 3 aliphatic heterocycles. The molecule has 3 atom stereocenters.